The molecule has 0 radical (unpaired) electrons. The van der Waals surface area contributed by atoms with Crippen molar-refractivity contribution in [1.29, 1.82) is 0 Å². The van der Waals surface area contributed by atoms with E-state index in [0.717, 1.165) is 135 Å². The highest BCUT2D eigenvalue weighted by atomic mass is 35.5. The number of rotatable bonds is 17. The van der Waals surface area contributed by atoms with Crippen LogP contribution >= 0.6 is 58.0 Å². The number of fused-ring (bicyclic) bond motifs is 9. The van der Waals surface area contributed by atoms with Crippen LogP contribution in [0.15, 0.2) is 200 Å². The van der Waals surface area contributed by atoms with Crippen molar-refractivity contribution in [3.05, 3.63) is 282 Å². The summed E-state index contributed by atoms with van der Waals surface area (Å²) in [5.74, 6) is 3.55. The van der Waals surface area contributed by atoms with Gasteiger partial charge in [0.2, 0.25) is 0 Å². The van der Waals surface area contributed by atoms with Crippen LogP contribution in [0.25, 0.3) is 32.7 Å². The molecule has 26 heteroatoms. The minimum absolute atomic E-state index is 0.172. The Bertz CT molecular complexity index is 5460. The quantitative estimate of drug-likeness (QED) is 0.0626. The van der Waals surface area contributed by atoms with Crippen molar-refractivity contribution in [3.63, 3.8) is 0 Å². The Morgan fingerprint density at radius 3 is 1.20 bits per heavy atom. The molecule has 0 aliphatic carbocycles. The molecule has 6 unspecified atom stereocenters. The molecule has 0 saturated carbocycles. The number of piperazine rings is 1. The van der Waals surface area contributed by atoms with Gasteiger partial charge in [0.15, 0.2) is 0 Å². The molecule has 3 fully saturated rings. The third-order valence-corrected chi connectivity index (χ3v) is 23.4. The number of epoxide rings is 1. The summed E-state index contributed by atoms with van der Waals surface area (Å²) in [5, 5.41) is 16.9. The number of aliphatic hydroxyl groups excluding tert-OH is 1. The van der Waals surface area contributed by atoms with Gasteiger partial charge in [-0.2, -0.15) is 0 Å². The van der Waals surface area contributed by atoms with Crippen molar-refractivity contribution in [2.45, 2.75) is 62.4 Å². The van der Waals surface area contributed by atoms with Crippen LogP contribution in [-0.4, -0.2) is 186 Å². The number of H-pyrrole nitrogens is 3. The lowest BCUT2D eigenvalue weighted by molar-refractivity contribution is 0.0504. The summed E-state index contributed by atoms with van der Waals surface area (Å²) < 4.78 is 53.5. The first-order valence-corrected chi connectivity index (χ1v) is 40.9. The number of aromatic nitrogens is 3. The van der Waals surface area contributed by atoms with E-state index in [-0.39, 0.29) is 24.5 Å². The number of halogens is 6. The number of likely N-dealkylation sites (N-methyl/N-ethyl adjacent to an activating group) is 1. The fourth-order valence-corrected chi connectivity index (χ4v) is 17.0. The van der Waals surface area contributed by atoms with Crippen molar-refractivity contribution < 1.29 is 57.0 Å². The predicted octanol–water partition coefficient (Wildman–Crippen LogP) is 18.8. The molecule has 18 rings (SSSR count). The summed E-state index contributed by atoms with van der Waals surface area (Å²) in [7, 11) is 4.28. The number of carbonyl (C=O) groups is 3. The largest absolute Gasteiger partial charge is 0.493 e. The van der Waals surface area contributed by atoms with E-state index in [1.165, 1.54) is 42.7 Å². The molecule has 12 aromatic rings. The number of β-amino-alcohol motifs (C(OH)–C–C–N with tert-alkyl or cyclic N) is 1. The molecule has 0 spiro atoms. The Hall–Kier alpha value is -10.0. The van der Waals surface area contributed by atoms with Gasteiger partial charge in [-0.1, -0.05) is 94.4 Å². The van der Waals surface area contributed by atoms with Crippen molar-refractivity contribution >= 4 is 109 Å². The summed E-state index contributed by atoms with van der Waals surface area (Å²) in [6, 6.07) is 58.7. The van der Waals surface area contributed by atoms with Gasteiger partial charge >= 0.3 is 18.3 Å². The zero-order valence-corrected chi connectivity index (χ0v) is 67.7. The minimum Gasteiger partial charge on any atom is -0.493 e. The highest BCUT2D eigenvalue weighted by Gasteiger charge is 2.40. The normalized spacial score (nSPS) is 19.0. The smallest absolute Gasteiger partial charge is 0.416 e. The molecule has 3 amide bonds. The maximum atomic E-state index is 13.5. The zero-order chi connectivity index (χ0) is 80.1. The molecule has 3 saturated heterocycles. The van der Waals surface area contributed by atoms with Crippen LogP contribution in [0, 0.1) is 11.7 Å². The number of hydrogen-bond acceptors (Lipinski definition) is 14. The highest BCUT2D eigenvalue weighted by molar-refractivity contribution is 6.32. The molecule has 9 aromatic carbocycles. The summed E-state index contributed by atoms with van der Waals surface area (Å²) in [6.45, 7) is 10.3. The topological polar surface area (TPSA) is 206 Å². The fraction of sp³-hybridized carbons (Fsp3) is 0.300. The second-order valence-electron chi connectivity index (χ2n) is 30.2. The Morgan fingerprint density at radius 1 is 0.448 bits per heavy atom. The van der Waals surface area contributed by atoms with Gasteiger partial charge in [0.25, 0.3) is 0 Å². The zero-order valence-electron chi connectivity index (χ0n) is 63.9. The number of aliphatic hydroxyl groups is 1. The lowest BCUT2D eigenvalue weighted by atomic mass is 9.92. The van der Waals surface area contributed by atoms with Crippen molar-refractivity contribution in [2.24, 2.45) is 5.92 Å². The standard InChI is InChI=1S/C32H34Cl2N4O4.C31H31Cl2N3O3.C27H22ClFN2O4/c1-36-14-16-37(17-15-36)19-24(39)20-41-25-7-2-21(3-8-25)31-30-27(28-18-23(34)6-11-29(28)35-30)12-13-38(31)32(40)42-26-9-4-22(33)5-10-26;1-35-15-2-3-20(18-35)19-38-24-9-4-21(5-10-24)30-29-26(27-17-23(33)8-13-28(27)34-29)14-16-36(30)31(37)39-25-11-6-22(32)7-12-25;28-17-3-10-24-23(13-17)22-11-12-31(27(32)35-20-8-4-18(29)5-9-20)26(25(22)30-24)16-1-6-19(7-2-16)33-14-21-15-34-21/h2-11,18,24,31,35,39H,12-17,19-20H2,1H3;4-13,17,20,30,34H,2-3,14-16,18-19H2,1H3;1-10,13,21,26,30H,11-12,14-15H2. The molecule has 6 aliphatic heterocycles. The number of ether oxygens (including phenoxy) is 7. The highest BCUT2D eigenvalue weighted by Crippen LogP contribution is 2.45. The number of piperidine rings is 1. The average molecular weight is 1670 g/mol. The number of nitrogens with zero attached hydrogens (tertiary/aromatic N) is 6. The van der Waals surface area contributed by atoms with E-state index in [0.29, 0.717) is 107 Å². The second kappa shape index (κ2) is 35.8. The van der Waals surface area contributed by atoms with Gasteiger partial charge in [-0.15, -0.1) is 0 Å². The molecule has 6 atom stereocenters. The molecular formula is C90H87Cl5FN9O11. The first kappa shape index (κ1) is 79.8. The first-order valence-electron chi connectivity index (χ1n) is 39.0. The molecule has 20 nitrogen and oxygen atoms in total. The summed E-state index contributed by atoms with van der Waals surface area (Å²) in [5.41, 5.74) is 12.0. The van der Waals surface area contributed by atoms with Gasteiger partial charge in [-0.25, -0.2) is 18.8 Å². The van der Waals surface area contributed by atoms with Gasteiger partial charge in [0.05, 0.1) is 13.2 Å². The third kappa shape index (κ3) is 18.8. The number of benzene rings is 9. The maximum absolute atomic E-state index is 13.5. The van der Waals surface area contributed by atoms with Gasteiger partial charge in [-0.3, -0.25) is 19.6 Å². The molecule has 9 heterocycles. The van der Waals surface area contributed by atoms with Crippen LogP contribution in [0.3, 0.4) is 0 Å². The maximum Gasteiger partial charge on any atom is 0.416 e. The Balaban J connectivity index is 0.000000131. The van der Waals surface area contributed by atoms with Gasteiger partial charge < -0.3 is 63.0 Å². The molecule has 6 aliphatic rings. The summed E-state index contributed by atoms with van der Waals surface area (Å²) in [6.07, 6.45) is 2.64. The number of aromatic amines is 3. The average Bonchev–Trinajstić information content (AvgIpc) is 1.59. The summed E-state index contributed by atoms with van der Waals surface area (Å²) in [4.78, 5) is 63.1. The van der Waals surface area contributed by atoms with E-state index in [2.05, 4.69) is 43.7 Å². The van der Waals surface area contributed by atoms with E-state index in [1.807, 2.05) is 127 Å². The number of amides is 3. The van der Waals surface area contributed by atoms with Gasteiger partial charge in [0, 0.05) is 140 Å². The Labute approximate surface area is 696 Å². The van der Waals surface area contributed by atoms with E-state index in [9.17, 15) is 23.9 Å². The van der Waals surface area contributed by atoms with E-state index >= 15 is 0 Å². The Kier molecular flexibility index (Phi) is 24.7. The number of carbonyl (C=O) groups excluding carboxylic acids is 3. The van der Waals surface area contributed by atoms with Crippen molar-refractivity contribution in [2.75, 3.05) is 106 Å². The van der Waals surface area contributed by atoms with Gasteiger partial charge in [-0.05, 0) is 250 Å². The first-order chi connectivity index (χ1) is 56.3. The molecule has 116 heavy (non-hydrogen) atoms. The lowest BCUT2D eigenvalue weighted by Crippen LogP contribution is -2.47. The molecule has 3 aromatic heterocycles. The fourth-order valence-electron chi connectivity index (χ4n) is 16.2. The number of nitrogens with one attached hydrogen (secondary N) is 3. The number of likely N-dealkylation sites (tertiary alicyclic amines) is 1. The third-order valence-electron chi connectivity index (χ3n) is 22.2. The molecular weight excluding hydrogens is 1580 g/mol. The van der Waals surface area contributed by atoms with E-state index < -0.39 is 42.3 Å². The van der Waals surface area contributed by atoms with E-state index in [4.69, 9.17) is 91.2 Å². The van der Waals surface area contributed by atoms with Crippen molar-refractivity contribution in [3.8, 4) is 34.5 Å². The van der Waals surface area contributed by atoms with Crippen LogP contribution in [0.1, 0.15) is 81.4 Å². The lowest BCUT2D eigenvalue weighted by Gasteiger charge is -2.35. The van der Waals surface area contributed by atoms with Crippen molar-refractivity contribution in [1.82, 2.24) is 44.4 Å². The van der Waals surface area contributed by atoms with Crippen LogP contribution in [-0.2, 0) is 24.0 Å². The van der Waals surface area contributed by atoms with Crippen LogP contribution in [0.4, 0.5) is 18.8 Å². The van der Waals surface area contributed by atoms with Crippen LogP contribution in [0.5, 0.6) is 34.5 Å². The Morgan fingerprint density at radius 2 is 0.810 bits per heavy atom. The molecule has 4 N–H and O–H groups in total. The van der Waals surface area contributed by atoms with Crippen LogP contribution in [0.2, 0.25) is 25.1 Å². The molecule has 600 valence electrons. The van der Waals surface area contributed by atoms with E-state index in [1.54, 1.807) is 63.2 Å². The second-order valence-corrected chi connectivity index (χ2v) is 32.4. The molecule has 0 bridgehead atoms. The number of hydrogen-bond donors (Lipinski definition) is 4. The SMILES string of the molecule is CN1CCCC(COc2ccc(C3c4[nH]c5ccc(Cl)cc5c4CCN3C(=O)Oc3ccc(Cl)cc3)cc2)C1.CN1CCN(CC(O)COc2ccc(C3c4[nH]c5ccc(Cl)cc5c4CCN3C(=O)Oc3ccc(Cl)cc3)cc2)CC1.O=C(Oc1ccc(F)cc1)N1CCc2c([nH]c3ccc(Cl)cc23)C1c1ccc(OCC2CO2)cc1. The van der Waals surface area contributed by atoms with Crippen LogP contribution < -0.4 is 28.4 Å². The monoisotopic (exact) mass is 1660 g/mol. The van der Waals surface area contributed by atoms with Gasteiger partial charge in [0.1, 0.15) is 83.9 Å². The summed E-state index contributed by atoms with van der Waals surface area (Å²) >= 11 is 31.0. The minimum atomic E-state index is -0.578. The predicted molar refractivity (Wildman–Crippen MR) is 450 cm³/mol.